The van der Waals surface area contributed by atoms with Crippen molar-refractivity contribution in [2.75, 3.05) is 50.1 Å². The van der Waals surface area contributed by atoms with Gasteiger partial charge in [-0.2, -0.15) is 0 Å². The van der Waals surface area contributed by atoms with Crippen LogP contribution < -0.4 is 14.5 Å². The fourth-order valence-corrected chi connectivity index (χ4v) is 3.92. The third-order valence-electron chi connectivity index (χ3n) is 5.50. The van der Waals surface area contributed by atoms with Crippen LogP contribution in [-0.2, 0) is 0 Å². The Labute approximate surface area is 178 Å². The van der Waals surface area contributed by atoms with Gasteiger partial charge in [0.05, 0.1) is 12.8 Å². The van der Waals surface area contributed by atoms with Gasteiger partial charge in [0, 0.05) is 44.5 Å². The number of anilines is 2. The van der Waals surface area contributed by atoms with Crippen molar-refractivity contribution in [1.29, 1.82) is 0 Å². The molecular formula is C23H30N4O3. The maximum Gasteiger partial charge on any atom is 0.324 e. The van der Waals surface area contributed by atoms with Crippen molar-refractivity contribution >= 4 is 23.2 Å². The van der Waals surface area contributed by atoms with Gasteiger partial charge in [-0.05, 0) is 57.0 Å². The lowest BCUT2D eigenvalue weighted by Crippen LogP contribution is -2.52. The average Bonchev–Trinajstić information content (AvgIpc) is 2.71. The molecule has 7 nitrogen and oxygen atoms in total. The molecule has 2 heterocycles. The molecule has 0 saturated carbocycles. The molecular weight excluding hydrogens is 380 g/mol. The van der Waals surface area contributed by atoms with E-state index in [1.54, 1.807) is 20.0 Å². The maximum absolute atomic E-state index is 13.1. The van der Waals surface area contributed by atoms with Crippen molar-refractivity contribution in [2.24, 2.45) is 0 Å². The quantitative estimate of drug-likeness (QED) is 0.721. The number of aryl methyl sites for hydroxylation is 3. The third-order valence-corrected chi connectivity index (χ3v) is 5.50. The average molecular weight is 411 g/mol. The zero-order chi connectivity index (χ0) is 22.0. The topological polar surface area (TPSA) is 66.0 Å². The Kier molecular flexibility index (Phi) is 6.29. The molecule has 1 aromatic heterocycles. The number of carbonyl (C=O) groups is 2. The summed E-state index contributed by atoms with van der Waals surface area (Å²) in [6.07, 6.45) is 0. The first kappa shape index (κ1) is 21.6. The molecule has 7 heteroatoms. The highest BCUT2D eigenvalue weighted by Crippen LogP contribution is 2.29. The summed E-state index contributed by atoms with van der Waals surface area (Å²) >= 11 is 0. The van der Waals surface area contributed by atoms with Gasteiger partial charge >= 0.3 is 6.03 Å². The third kappa shape index (κ3) is 4.40. The first-order valence-corrected chi connectivity index (χ1v) is 10.1. The number of hydrogen-bond donors (Lipinski definition) is 0. The van der Waals surface area contributed by atoms with E-state index >= 15 is 0 Å². The van der Waals surface area contributed by atoms with E-state index < -0.39 is 0 Å². The molecule has 3 rings (SSSR count). The summed E-state index contributed by atoms with van der Waals surface area (Å²) in [6.45, 7) is 10.2. The van der Waals surface area contributed by atoms with Crippen LogP contribution in [-0.4, -0.2) is 62.0 Å². The number of methoxy groups -OCH3 is 1. The largest absolute Gasteiger partial charge is 0.480 e. The molecule has 0 N–H and O–H groups in total. The number of rotatable bonds is 4. The van der Waals surface area contributed by atoms with Crippen LogP contribution in [0.1, 0.15) is 34.1 Å². The predicted molar refractivity (Wildman–Crippen MR) is 119 cm³/mol. The number of ketones is 1. The molecule has 1 aliphatic heterocycles. The molecule has 1 aromatic carbocycles. The van der Waals surface area contributed by atoms with E-state index in [1.807, 2.05) is 4.90 Å². The lowest BCUT2D eigenvalue weighted by atomic mass is 10.1. The smallest absolute Gasteiger partial charge is 0.324 e. The summed E-state index contributed by atoms with van der Waals surface area (Å²) in [6, 6.07) is 8.09. The standard InChI is InChI=1S/C23H30N4O3/c1-15-11-16(2)13-19(12-15)26-7-9-27(10-8-26)23(29)25(5)21-14-20(18(4)28)17(3)24-22(21)30-6/h11-14H,7-10H2,1-6H3. The number of benzene rings is 1. The molecule has 0 atom stereocenters. The van der Waals surface area contributed by atoms with E-state index in [1.165, 1.54) is 35.7 Å². The zero-order valence-electron chi connectivity index (χ0n) is 18.7. The maximum atomic E-state index is 13.1. The number of nitrogens with zero attached hydrogens (tertiary/aromatic N) is 4. The van der Waals surface area contributed by atoms with Crippen molar-refractivity contribution in [3.63, 3.8) is 0 Å². The van der Waals surface area contributed by atoms with Gasteiger partial charge in [-0.1, -0.05) is 6.07 Å². The highest BCUT2D eigenvalue weighted by Gasteiger charge is 2.27. The Hall–Kier alpha value is -3.09. The monoisotopic (exact) mass is 410 g/mol. The minimum atomic E-state index is -0.131. The predicted octanol–water partition coefficient (Wildman–Crippen LogP) is 3.60. The second kappa shape index (κ2) is 8.73. The summed E-state index contributed by atoms with van der Waals surface area (Å²) in [7, 11) is 3.21. The lowest BCUT2D eigenvalue weighted by molar-refractivity contribution is 0.101. The highest BCUT2D eigenvalue weighted by atomic mass is 16.5. The van der Waals surface area contributed by atoms with Gasteiger partial charge in [-0.15, -0.1) is 0 Å². The van der Waals surface area contributed by atoms with Gasteiger partial charge in [0.1, 0.15) is 5.69 Å². The molecule has 1 aliphatic rings. The zero-order valence-corrected chi connectivity index (χ0v) is 18.7. The van der Waals surface area contributed by atoms with Crippen LogP contribution >= 0.6 is 0 Å². The number of piperazine rings is 1. The van der Waals surface area contributed by atoms with E-state index in [9.17, 15) is 9.59 Å². The van der Waals surface area contributed by atoms with Crippen molar-refractivity contribution in [1.82, 2.24) is 9.88 Å². The van der Waals surface area contributed by atoms with Crippen LogP contribution in [0, 0.1) is 20.8 Å². The van der Waals surface area contributed by atoms with Crippen LogP contribution in [0.2, 0.25) is 0 Å². The Morgan fingerprint density at radius 3 is 2.13 bits per heavy atom. The molecule has 2 aromatic rings. The van der Waals surface area contributed by atoms with Crippen molar-refractivity contribution in [2.45, 2.75) is 27.7 Å². The summed E-state index contributed by atoms with van der Waals surface area (Å²) in [4.78, 5) is 35.1. The molecule has 0 spiro atoms. The van der Waals surface area contributed by atoms with Gasteiger partial charge < -0.3 is 14.5 Å². The molecule has 1 fully saturated rings. The first-order valence-electron chi connectivity index (χ1n) is 10.1. The highest BCUT2D eigenvalue weighted by molar-refractivity contribution is 5.99. The van der Waals surface area contributed by atoms with Crippen LogP contribution in [0.15, 0.2) is 24.3 Å². The van der Waals surface area contributed by atoms with Gasteiger partial charge in [-0.3, -0.25) is 9.69 Å². The number of Topliss-reactive ketones (excluding diaryl/α,β-unsaturated/α-hetero) is 1. The van der Waals surface area contributed by atoms with Crippen LogP contribution in [0.4, 0.5) is 16.2 Å². The molecule has 0 radical (unpaired) electrons. The summed E-state index contributed by atoms with van der Waals surface area (Å²) in [5.41, 5.74) is 5.25. The normalized spacial score (nSPS) is 13.9. The Bertz CT molecular complexity index is 945. The number of hydrogen-bond acceptors (Lipinski definition) is 5. The minimum Gasteiger partial charge on any atom is -0.480 e. The van der Waals surface area contributed by atoms with Crippen molar-refractivity contribution in [3.05, 3.63) is 46.6 Å². The molecule has 2 amide bonds. The Balaban J connectivity index is 1.75. The van der Waals surface area contributed by atoms with Crippen LogP contribution in [0.25, 0.3) is 0 Å². The molecule has 0 unspecified atom stereocenters. The number of carbonyl (C=O) groups excluding carboxylic acids is 2. The molecule has 0 bridgehead atoms. The Morgan fingerprint density at radius 2 is 1.60 bits per heavy atom. The van der Waals surface area contributed by atoms with E-state index in [4.69, 9.17) is 4.74 Å². The first-order chi connectivity index (χ1) is 14.2. The van der Waals surface area contributed by atoms with Gasteiger partial charge in [0.15, 0.2) is 5.78 Å². The van der Waals surface area contributed by atoms with Crippen LogP contribution in [0.5, 0.6) is 5.88 Å². The number of ether oxygens (including phenoxy) is 1. The number of pyridine rings is 1. The number of urea groups is 1. The molecule has 160 valence electrons. The minimum absolute atomic E-state index is 0.0909. The van der Waals surface area contributed by atoms with Gasteiger partial charge in [-0.25, -0.2) is 9.78 Å². The molecule has 0 aliphatic carbocycles. The van der Waals surface area contributed by atoms with E-state index in [2.05, 4.69) is 41.9 Å². The van der Waals surface area contributed by atoms with E-state index in [-0.39, 0.29) is 11.8 Å². The van der Waals surface area contributed by atoms with Gasteiger partial charge in [0.2, 0.25) is 5.88 Å². The second-order valence-electron chi connectivity index (χ2n) is 7.87. The molecule has 1 saturated heterocycles. The summed E-state index contributed by atoms with van der Waals surface area (Å²) in [5, 5.41) is 0. The van der Waals surface area contributed by atoms with E-state index in [0.29, 0.717) is 35.9 Å². The number of aromatic nitrogens is 1. The van der Waals surface area contributed by atoms with Crippen molar-refractivity contribution in [3.8, 4) is 5.88 Å². The fourth-order valence-electron chi connectivity index (χ4n) is 3.92. The number of amides is 2. The Morgan fingerprint density at radius 1 is 1.00 bits per heavy atom. The van der Waals surface area contributed by atoms with Crippen LogP contribution in [0.3, 0.4) is 0 Å². The fraction of sp³-hybridized carbons (Fsp3) is 0.435. The van der Waals surface area contributed by atoms with Gasteiger partial charge in [0.25, 0.3) is 0 Å². The van der Waals surface area contributed by atoms with Crippen molar-refractivity contribution < 1.29 is 14.3 Å². The summed E-state index contributed by atoms with van der Waals surface area (Å²) < 4.78 is 5.37. The summed E-state index contributed by atoms with van der Waals surface area (Å²) in [5.74, 6) is 0.244. The SMILES string of the molecule is COc1nc(C)c(C(C)=O)cc1N(C)C(=O)N1CCN(c2cc(C)cc(C)c2)CC1. The lowest BCUT2D eigenvalue weighted by Gasteiger charge is -2.38. The van der Waals surface area contributed by atoms with E-state index in [0.717, 1.165) is 13.1 Å². The molecule has 30 heavy (non-hydrogen) atoms. The second-order valence-corrected chi connectivity index (χ2v) is 7.87.